The zero-order valence-corrected chi connectivity index (χ0v) is 18.2. The lowest BCUT2D eigenvalue weighted by Gasteiger charge is -2.18. The molecular formula is C18H16ClIN2O4S. The summed E-state index contributed by atoms with van der Waals surface area (Å²) in [5, 5.41) is 0.381. The zero-order valence-electron chi connectivity index (χ0n) is 14.5. The summed E-state index contributed by atoms with van der Waals surface area (Å²) in [6, 6.07) is 12.7. The normalized spacial score (nSPS) is 11.4. The summed E-state index contributed by atoms with van der Waals surface area (Å²) >= 11 is 7.85. The van der Waals surface area contributed by atoms with Gasteiger partial charge in [0.15, 0.2) is 0 Å². The van der Waals surface area contributed by atoms with Gasteiger partial charge in [0.2, 0.25) is 0 Å². The number of carbonyl (C=O) groups excluding carboxylic acids is 2. The molecule has 6 nitrogen and oxygen atoms in total. The van der Waals surface area contributed by atoms with Crippen LogP contribution in [-0.2, 0) is 19.6 Å². The highest BCUT2D eigenvalue weighted by atomic mass is 127. The van der Waals surface area contributed by atoms with Crippen LogP contribution in [0.3, 0.4) is 0 Å². The second-order valence-electron chi connectivity index (χ2n) is 5.45. The first-order valence-corrected chi connectivity index (χ1v) is 10.5. The minimum Gasteiger partial charge on any atom is -0.311 e. The summed E-state index contributed by atoms with van der Waals surface area (Å²) in [5.41, 5.74) is 0.683. The summed E-state index contributed by atoms with van der Waals surface area (Å²) in [4.78, 5) is 25.8. The number of anilines is 1. The topological polar surface area (TPSA) is 74.8 Å². The smallest absolute Gasteiger partial charge is 0.266 e. The van der Waals surface area contributed by atoms with Gasteiger partial charge in [-0.1, -0.05) is 23.7 Å². The van der Waals surface area contributed by atoms with E-state index in [1.54, 1.807) is 19.2 Å². The molecule has 0 unspecified atom stereocenters. The van der Waals surface area contributed by atoms with E-state index in [-0.39, 0.29) is 4.90 Å². The number of para-hydroxylation sites is 1. The van der Waals surface area contributed by atoms with Crippen LogP contribution in [-0.4, -0.2) is 38.6 Å². The Hall–Kier alpha value is -1.91. The highest BCUT2D eigenvalue weighted by Crippen LogP contribution is 2.21. The Morgan fingerprint density at radius 3 is 2.11 bits per heavy atom. The number of halogens is 2. The standard InChI is InChI=1S/C18H16ClIN2O4S/c1-21(16-6-4-3-5-15(16)20)17(23)11-12-18(24)22(2)27(25,26)14-9-7-13(19)8-10-14/h3-12H,1-2H3/b12-11+. The van der Waals surface area contributed by atoms with Gasteiger partial charge in [-0.25, -0.2) is 12.7 Å². The SMILES string of the molecule is CN(C(=O)/C=C/C(=O)N(C)S(=O)(=O)c1ccc(Cl)cc1)c1ccccc1I. The first-order chi connectivity index (χ1) is 12.6. The zero-order chi connectivity index (χ0) is 20.2. The molecule has 0 aliphatic carbocycles. The van der Waals surface area contributed by atoms with Crippen molar-refractivity contribution in [1.82, 2.24) is 4.31 Å². The number of benzene rings is 2. The second-order valence-corrected chi connectivity index (χ2v) is 9.01. The maximum absolute atomic E-state index is 12.5. The van der Waals surface area contributed by atoms with Crippen LogP contribution in [0.5, 0.6) is 0 Å². The maximum atomic E-state index is 12.5. The van der Waals surface area contributed by atoms with E-state index in [0.29, 0.717) is 15.0 Å². The third kappa shape index (κ3) is 5.08. The summed E-state index contributed by atoms with van der Waals surface area (Å²) in [7, 11) is -1.33. The number of hydrogen-bond donors (Lipinski definition) is 0. The molecule has 2 amide bonds. The average Bonchev–Trinajstić information content (AvgIpc) is 2.65. The molecule has 0 atom stereocenters. The van der Waals surface area contributed by atoms with E-state index in [9.17, 15) is 18.0 Å². The molecule has 9 heteroatoms. The first-order valence-electron chi connectivity index (χ1n) is 7.63. The van der Waals surface area contributed by atoms with Crippen LogP contribution in [0.4, 0.5) is 5.69 Å². The van der Waals surface area contributed by atoms with Crippen LogP contribution >= 0.6 is 34.2 Å². The Bertz CT molecular complexity index is 991. The summed E-state index contributed by atoms with van der Waals surface area (Å²) in [6.07, 6.45) is 1.97. The third-order valence-electron chi connectivity index (χ3n) is 3.70. The molecule has 0 saturated heterocycles. The molecule has 0 heterocycles. The van der Waals surface area contributed by atoms with Crippen molar-refractivity contribution in [3.8, 4) is 0 Å². The van der Waals surface area contributed by atoms with Crippen molar-refractivity contribution in [2.75, 3.05) is 19.0 Å². The summed E-state index contributed by atoms with van der Waals surface area (Å²) < 4.78 is 26.4. The van der Waals surface area contributed by atoms with E-state index in [2.05, 4.69) is 22.6 Å². The lowest BCUT2D eigenvalue weighted by atomic mass is 10.3. The lowest BCUT2D eigenvalue weighted by Crippen LogP contribution is -2.32. The molecule has 2 aromatic rings. The predicted octanol–water partition coefficient (Wildman–Crippen LogP) is 3.31. The van der Waals surface area contributed by atoms with E-state index >= 15 is 0 Å². The van der Waals surface area contributed by atoms with Crippen molar-refractivity contribution in [2.24, 2.45) is 0 Å². The molecule has 2 rings (SSSR count). The van der Waals surface area contributed by atoms with Crippen LogP contribution in [0.2, 0.25) is 5.02 Å². The Morgan fingerprint density at radius 1 is 0.963 bits per heavy atom. The van der Waals surface area contributed by atoms with Crippen molar-refractivity contribution in [1.29, 1.82) is 0 Å². The monoisotopic (exact) mass is 518 g/mol. The van der Waals surface area contributed by atoms with Crippen LogP contribution < -0.4 is 4.90 Å². The minimum atomic E-state index is -4.03. The summed E-state index contributed by atoms with van der Waals surface area (Å²) in [6.45, 7) is 0. The van der Waals surface area contributed by atoms with E-state index in [4.69, 9.17) is 11.6 Å². The molecule has 142 valence electrons. The van der Waals surface area contributed by atoms with E-state index in [1.165, 1.54) is 29.2 Å². The number of rotatable bonds is 5. The van der Waals surface area contributed by atoms with Crippen molar-refractivity contribution < 1.29 is 18.0 Å². The van der Waals surface area contributed by atoms with Crippen LogP contribution in [0, 0.1) is 3.57 Å². The molecular weight excluding hydrogens is 503 g/mol. The van der Waals surface area contributed by atoms with Gasteiger partial charge in [0.05, 0.1) is 10.6 Å². The fourth-order valence-corrected chi connectivity index (χ4v) is 4.05. The van der Waals surface area contributed by atoms with Crippen molar-refractivity contribution in [3.05, 3.63) is 69.3 Å². The highest BCUT2D eigenvalue weighted by Gasteiger charge is 2.24. The molecule has 0 aliphatic rings. The molecule has 2 aromatic carbocycles. The van der Waals surface area contributed by atoms with Crippen molar-refractivity contribution in [2.45, 2.75) is 4.90 Å². The van der Waals surface area contributed by atoms with Crippen molar-refractivity contribution in [3.63, 3.8) is 0 Å². The van der Waals surface area contributed by atoms with Gasteiger partial charge in [-0.15, -0.1) is 0 Å². The predicted molar refractivity (Wildman–Crippen MR) is 113 cm³/mol. The number of carbonyl (C=O) groups is 2. The van der Waals surface area contributed by atoms with Gasteiger partial charge in [-0.3, -0.25) is 9.59 Å². The van der Waals surface area contributed by atoms with Gasteiger partial charge in [0.25, 0.3) is 21.8 Å². The van der Waals surface area contributed by atoms with E-state index in [1.807, 2.05) is 12.1 Å². The Labute approximate surface area is 176 Å². The fraction of sp³-hybridized carbons (Fsp3) is 0.111. The molecule has 0 N–H and O–H groups in total. The third-order valence-corrected chi connectivity index (χ3v) is 6.63. The molecule has 27 heavy (non-hydrogen) atoms. The van der Waals surface area contributed by atoms with Gasteiger partial charge in [-0.2, -0.15) is 0 Å². The summed E-state index contributed by atoms with van der Waals surface area (Å²) in [5.74, 6) is -1.29. The quantitative estimate of drug-likeness (QED) is 0.450. The van der Waals surface area contributed by atoms with Crippen LogP contribution in [0.25, 0.3) is 0 Å². The molecule has 0 radical (unpaired) electrons. The fourth-order valence-electron chi connectivity index (χ4n) is 2.08. The van der Waals surface area contributed by atoms with E-state index < -0.39 is 21.8 Å². The van der Waals surface area contributed by atoms with Gasteiger partial charge in [0.1, 0.15) is 0 Å². The molecule has 0 saturated carbocycles. The molecule has 0 aliphatic heterocycles. The second kappa shape index (κ2) is 8.85. The molecule has 0 spiro atoms. The lowest BCUT2D eigenvalue weighted by molar-refractivity contribution is -0.121. The van der Waals surface area contributed by atoms with Crippen molar-refractivity contribution >= 4 is 61.7 Å². The van der Waals surface area contributed by atoms with Crippen LogP contribution in [0.1, 0.15) is 0 Å². The van der Waals surface area contributed by atoms with Gasteiger partial charge in [-0.05, 0) is 59.0 Å². The van der Waals surface area contributed by atoms with E-state index in [0.717, 1.165) is 22.8 Å². The van der Waals surface area contributed by atoms with Gasteiger partial charge < -0.3 is 4.90 Å². The Kier molecular flexibility index (Phi) is 7.01. The minimum absolute atomic E-state index is 0.0709. The number of amides is 2. The Morgan fingerprint density at radius 2 is 1.52 bits per heavy atom. The molecule has 0 fully saturated rings. The number of sulfonamides is 1. The van der Waals surface area contributed by atoms with Crippen LogP contribution in [0.15, 0.2) is 65.6 Å². The Balaban J connectivity index is 2.14. The maximum Gasteiger partial charge on any atom is 0.266 e. The largest absolute Gasteiger partial charge is 0.311 e. The molecule has 0 bridgehead atoms. The number of hydrogen-bond acceptors (Lipinski definition) is 4. The number of likely N-dealkylation sites (N-methyl/N-ethyl adjacent to an activating group) is 2. The average molecular weight is 519 g/mol. The number of nitrogens with zero attached hydrogens (tertiary/aromatic N) is 2. The molecule has 0 aromatic heterocycles. The highest BCUT2D eigenvalue weighted by molar-refractivity contribution is 14.1. The van der Waals surface area contributed by atoms with Gasteiger partial charge in [0, 0.05) is 34.8 Å². The first kappa shape index (κ1) is 21.4. The van der Waals surface area contributed by atoms with Gasteiger partial charge >= 0.3 is 0 Å².